The Morgan fingerprint density at radius 2 is 1.95 bits per heavy atom. The molecule has 1 aromatic carbocycles. The molecule has 5 nitrogen and oxygen atoms in total. The number of benzene rings is 1. The zero-order valence-corrected chi connectivity index (χ0v) is 13.1. The Labute approximate surface area is 125 Å². The van der Waals surface area contributed by atoms with Crippen LogP contribution in [-0.2, 0) is 14.8 Å². The third-order valence-electron chi connectivity index (χ3n) is 2.95. The number of hydrogen-bond donors (Lipinski definition) is 1. The van der Waals surface area contributed by atoms with E-state index in [4.69, 9.17) is 0 Å². The lowest BCUT2D eigenvalue weighted by Gasteiger charge is -2.19. The number of carbonyl (C=O) groups excluding carboxylic acids is 1. The van der Waals surface area contributed by atoms with Crippen LogP contribution in [0.1, 0.15) is 26.2 Å². The maximum Gasteiger partial charge on any atom is 0.239 e. The second kappa shape index (κ2) is 8.09. The molecule has 0 unspecified atom stereocenters. The molecule has 0 saturated carbocycles. The van der Waals surface area contributed by atoms with Gasteiger partial charge in [0.05, 0.1) is 18.5 Å². The fraction of sp³-hybridized carbons (Fsp3) is 0.500. The van der Waals surface area contributed by atoms with Gasteiger partial charge >= 0.3 is 0 Å². The largest absolute Gasteiger partial charge is 0.322 e. The second-order valence-corrected chi connectivity index (χ2v) is 6.81. The molecule has 0 aliphatic heterocycles. The minimum atomic E-state index is -3.46. The number of sulfonamides is 1. The van der Waals surface area contributed by atoms with Crippen LogP contribution in [0.15, 0.2) is 24.3 Å². The molecule has 0 aromatic heterocycles. The van der Waals surface area contributed by atoms with Gasteiger partial charge in [0.1, 0.15) is 5.82 Å². The number of anilines is 1. The Hall–Kier alpha value is -1.47. The van der Waals surface area contributed by atoms with Crippen molar-refractivity contribution >= 4 is 21.6 Å². The molecule has 0 heterocycles. The van der Waals surface area contributed by atoms with Gasteiger partial charge in [-0.3, -0.25) is 4.79 Å². The van der Waals surface area contributed by atoms with E-state index in [1.165, 1.54) is 18.2 Å². The van der Waals surface area contributed by atoms with Crippen molar-refractivity contribution in [2.45, 2.75) is 26.2 Å². The van der Waals surface area contributed by atoms with Crippen LogP contribution in [0.3, 0.4) is 0 Å². The van der Waals surface area contributed by atoms with Gasteiger partial charge in [-0.05, 0) is 18.6 Å². The van der Waals surface area contributed by atoms with Crippen LogP contribution >= 0.6 is 0 Å². The molecule has 0 saturated heterocycles. The van der Waals surface area contributed by atoms with Crippen molar-refractivity contribution < 1.29 is 17.6 Å². The molecule has 1 amide bonds. The number of para-hydroxylation sites is 1. The van der Waals surface area contributed by atoms with Gasteiger partial charge in [0.15, 0.2) is 0 Å². The molecule has 7 heteroatoms. The first-order valence-corrected chi connectivity index (χ1v) is 8.69. The van der Waals surface area contributed by atoms with Crippen LogP contribution in [0.5, 0.6) is 0 Å². The lowest BCUT2D eigenvalue weighted by Crippen LogP contribution is -2.38. The first-order chi connectivity index (χ1) is 9.84. The van der Waals surface area contributed by atoms with E-state index < -0.39 is 21.7 Å². The van der Waals surface area contributed by atoms with Crippen molar-refractivity contribution in [1.82, 2.24) is 4.31 Å². The summed E-state index contributed by atoms with van der Waals surface area (Å²) in [6, 6.07) is 5.76. The summed E-state index contributed by atoms with van der Waals surface area (Å²) in [5.74, 6) is -1.11. The van der Waals surface area contributed by atoms with Gasteiger partial charge in [-0.15, -0.1) is 0 Å². The predicted molar refractivity (Wildman–Crippen MR) is 81.0 cm³/mol. The number of carbonyl (C=O) groups is 1. The summed E-state index contributed by atoms with van der Waals surface area (Å²) in [6.07, 6.45) is 3.60. The molecule has 0 fully saturated rings. The third kappa shape index (κ3) is 6.22. The summed E-state index contributed by atoms with van der Waals surface area (Å²) in [6.45, 7) is 1.99. The second-order valence-electron chi connectivity index (χ2n) is 4.83. The average molecular weight is 316 g/mol. The molecule has 0 aliphatic carbocycles. The van der Waals surface area contributed by atoms with Gasteiger partial charge in [-0.1, -0.05) is 31.9 Å². The highest BCUT2D eigenvalue weighted by atomic mass is 32.2. The lowest BCUT2D eigenvalue weighted by atomic mass is 10.2. The zero-order valence-electron chi connectivity index (χ0n) is 12.3. The molecule has 0 aliphatic rings. The maximum atomic E-state index is 13.4. The standard InChI is InChI=1S/C14H21FN2O3S/c1-3-4-7-10-17(21(2,19)20)11-14(18)16-13-9-6-5-8-12(13)15/h5-6,8-9H,3-4,7,10-11H2,1-2H3,(H,16,18). The van der Waals surface area contributed by atoms with Gasteiger partial charge < -0.3 is 5.32 Å². The number of amides is 1. The SMILES string of the molecule is CCCCCN(CC(=O)Nc1ccccc1F)S(C)(=O)=O. The normalized spacial score (nSPS) is 11.6. The zero-order chi connectivity index (χ0) is 15.9. The van der Waals surface area contributed by atoms with E-state index in [2.05, 4.69) is 5.32 Å². The molecule has 21 heavy (non-hydrogen) atoms. The van der Waals surface area contributed by atoms with Crippen molar-refractivity contribution in [3.8, 4) is 0 Å². The van der Waals surface area contributed by atoms with E-state index in [1.807, 2.05) is 6.92 Å². The predicted octanol–water partition coefficient (Wildman–Crippen LogP) is 2.22. The molecule has 1 rings (SSSR count). The molecule has 0 spiro atoms. The van der Waals surface area contributed by atoms with Gasteiger partial charge in [0.25, 0.3) is 0 Å². The van der Waals surface area contributed by atoms with Crippen LogP contribution in [0, 0.1) is 5.82 Å². The molecular formula is C14H21FN2O3S. The summed E-state index contributed by atoms with van der Waals surface area (Å²) < 4.78 is 37.8. The monoisotopic (exact) mass is 316 g/mol. The lowest BCUT2D eigenvalue weighted by molar-refractivity contribution is -0.116. The molecule has 118 valence electrons. The fourth-order valence-corrected chi connectivity index (χ4v) is 2.63. The van der Waals surface area contributed by atoms with Crippen LogP contribution in [-0.4, -0.2) is 38.0 Å². The highest BCUT2D eigenvalue weighted by molar-refractivity contribution is 7.88. The van der Waals surface area contributed by atoms with Crippen molar-refractivity contribution in [2.24, 2.45) is 0 Å². The van der Waals surface area contributed by atoms with Gasteiger partial charge in [0, 0.05) is 6.54 Å². The molecule has 0 radical (unpaired) electrons. The van der Waals surface area contributed by atoms with Crippen molar-refractivity contribution in [3.05, 3.63) is 30.1 Å². The first kappa shape index (κ1) is 17.6. The minimum absolute atomic E-state index is 0.0458. The van der Waals surface area contributed by atoms with Crippen molar-refractivity contribution in [1.29, 1.82) is 0 Å². The van der Waals surface area contributed by atoms with E-state index in [0.29, 0.717) is 6.42 Å². The summed E-state index contributed by atoms with van der Waals surface area (Å²) in [5, 5.41) is 2.38. The molecule has 1 N–H and O–H groups in total. The highest BCUT2D eigenvalue weighted by Crippen LogP contribution is 2.12. The van der Waals surface area contributed by atoms with Gasteiger partial charge in [-0.25, -0.2) is 12.8 Å². The van der Waals surface area contributed by atoms with E-state index >= 15 is 0 Å². The van der Waals surface area contributed by atoms with E-state index in [9.17, 15) is 17.6 Å². The Kier molecular flexibility index (Phi) is 6.77. The number of nitrogens with zero attached hydrogens (tertiary/aromatic N) is 1. The summed E-state index contributed by atoms with van der Waals surface area (Å²) in [4.78, 5) is 11.9. The molecule has 0 bridgehead atoms. The summed E-state index contributed by atoms with van der Waals surface area (Å²) in [5.41, 5.74) is 0.0458. The van der Waals surface area contributed by atoms with Crippen LogP contribution < -0.4 is 5.32 Å². The van der Waals surface area contributed by atoms with E-state index in [1.54, 1.807) is 6.07 Å². The van der Waals surface area contributed by atoms with Crippen molar-refractivity contribution in [3.63, 3.8) is 0 Å². The Balaban J connectivity index is 2.66. The Morgan fingerprint density at radius 1 is 1.29 bits per heavy atom. The number of nitrogens with one attached hydrogen (secondary N) is 1. The van der Waals surface area contributed by atoms with Crippen LogP contribution in [0.4, 0.5) is 10.1 Å². The van der Waals surface area contributed by atoms with Crippen LogP contribution in [0.2, 0.25) is 0 Å². The Morgan fingerprint density at radius 3 is 2.52 bits per heavy atom. The van der Waals surface area contributed by atoms with Crippen LogP contribution in [0.25, 0.3) is 0 Å². The van der Waals surface area contributed by atoms with Gasteiger partial charge in [0.2, 0.25) is 15.9 Å². The number of halogens is 1. The number of hydrogen-bond acceptors (Lipinski definition) is 3. The maximum absolute atomic E-state index is 13.4. The first-order valence-electron chi connectivity index (χ1n) is 6.84. The number of rotatable bonds is 8. The smallest absolute Gasteiger partial charge is 0.239 e. The minimum Gasteiger partial charge on any atom is -0.322 e. The number of unbranched alkanes of at least 4 members (excludes halogenated alkanes) is 2. The Bertz CT molecular complexity index is 575. The quantitative estimate of drug-likeness (QED) is 0.748. The molecule has 0 atom stereocenters. The third-order valence-corrected chi connectivity index (χ3v) is 4.20. The summed E-state index contributed by atoms with van der Waals surface area (Å²) in [7, 11) is -3.46. The summed E-state index contributed by atoms with van der Waals surface area (Å²) >= 11 is 0. The molecular weight excluding hydrogens is 295 g/mol. The fourth-order valence-electron chi connectivity index (χ4n) is 1.81. The van der Waals surface area contributed by atoms with Gasteiger partial charge in [-0.2, -0.15) is 4.31 Å². The average Bonchev–Trinajstić information content (AvgIpc) is 2.39. The topological polar surface area (TPSA) is 66.5 Å². The highest BCUT2D eigenvalue weighted by Gasteiger charge is 2.20. The van der Waals surface area contributed by atoms with Crippen molar-refractivity contribution in [2.75, 3.05) is 24.7 Å². The van der Waals surface area contributed by atoms with E-state index in [0.717, 1.165) is 23.4 Å². The van der Waals surface area contributed by atoms with E-state index in [-0.39, 0.29) is 18.8 Å². The molecule has 1 aromatic rings.